The summed E-state index contributed by atoms with van der Waals surface area (Å²) < 4.78 is 0.582. The summed E-state index contributed by atoms with van der Waals surface area (Å²) in [6.45, 7) is 1.59. The van der Waals surface area contributed by atoms with Gasteiger partial charge in [0, 0.05) is 25.3 Å². The van der Waals surface area contributed by atoms with E-state index in [4.69, 9.17) is 5.11 Å². The van der Waals surface area contributed by atoms with Gasteiger partial charge < -0.3 is 15.1 Å². The molecule has 0 saturated carbocycles. The molecule has 1 aliphatic rings. The van der Waals surface area contributed by atoms with Crippen molar-refractivity contribution < 1.29 is 15.0 Å². The monoisotopic (exact) mass is 313 g/mol. The molecule has 98 valence electrons. The van der Waals surface area contributed by atoms with Gasteiger partial charge in [-0.15, -0.1) is 0 Å². The number of rotatable bonds is 3. The molecule has 1 amide bonds. The molecule has 1 aromatic rings. The summed E-state index contributed by atoms with van der Waals surface area (Å²) in [5, 5.41) is 18.5. The Kier molecular flexibility index (Phi) is 4.24. The van der Waals surface area contributed by atoms with Crippen LogP contribution in [0.5, 0.6) is 5.75 Å². The van der Waals surface area contributed by atoms with Crippen LogP contribution in [0.3, 0.4) is 0 Å². The maximum atomic E-state index is 12.2. The first-order valence-electron chi connectivity index (χ1n) is 6.00. The van der Waals surface area contributed by atoms with E-state index in [9.17, 15) is 9.90 Å². The van der Waals surface area contributed by atoms with E-state index >= 15 is 0 Å². The molecule has 0 radical (unpaired) electrons. The number of phenols is 1. The van der Waals surface area contributed by atoms with Crippen LogP contribution in [0.15, 0.2) is 22.7 Å². The molecule has 5 heteroatoms. The van der Waals surface area contributed by atoms with Gasteiger partial charge in [0.2, 0.25) is 0 Å². The number of aromatic hydroxyl groups is 1. The topological polar surface area (TPSA) is 60.8 Å². The molecule has 1 atom stereocenters. The molecule has 1 heterocycles. The van der Waals surface area contributed by atoms with Gasteiger partial charge in [-0.25, -0.2) is 0 Å². The number of nitrogens with zero attached hydrogens (tertiary/aromatic N) is 1. The minimum atomic E-state index is -0.0572. The van der Waals surface area contributed by atoms with Gasteiger partial charge in [0.05, 0.1) is 4.47 Å². The van der Waals surface area contributed by atoms with Crippen molar-refractivity contribution in [3.63, 3.8) is 0 Å². The summed E-state index contributed by atoms with van der Waals surface area (Å²) in [6, 6.07) is 4.85. The van der Waals surface area contributed by atoms with Crippen molar-refractivity contribution in [2.45, 2.75) is 12.8 Å². The van der Waals surface area contributed by atoms with E-state index in [0.717, 1.165) is 19.4 Å². The number of likely N-dealkylation sites (tertiary alicyclic amines) is 1. The Bertz CT molecular complexity index is 450. The highest BCUT2D eigenvalue weighted by Gasteiger charge is 2.26. The van der Waals surface area contributed by atoms with Crippen LogP contribution in [-0.2, 0) is 0 Å². The minimum Gasteiger partial charge on any atom is -0.507 e. The number of amides is 1. The molecular formula is C13H16BrNO3. The summed E-state index contributed by atoms with van der Waals surface area (Å²) in [5.74, 6) is 0.410. The first-order chi connectivity index (χ1) is 8.61. The maximum absolute atomic E-state index is 12.2. The van der Waals surface area contributed by atoms with Gasteiger partial charge in [0.1, 0.15) is 5.75 Å². The largest absolute Gasteiger partial charge is 0.507 e. The molecule has 1 fully saturated rings. The van der Waals surface area contributed by atoms with E-state index in [1.54, 1.807) is 17.0 Å². The lowest BCUT2D eigenvalue weighted by Gasteiger charge is -2.16. The molecule has 0 aromatic heterocycles. The molecule has 1 aromatic carbocycles. The predicted octanol–water partition coefficient (Wildman–Crippen LogP) is 2.00. The third-order valence-corrected chi connectivity index (χ3v) is 3.97. The molecule has 0 bridgehead atoms. The zero-order valence-corrected chi connectivity index (χ0v) is 11.6. The Morgan fingerprint density at radius 3 is 2.94 bits per heavy atom. The van der Waals surface area contributed by atoms with E-state index < -0.39 is 0 Å². The quantitative estimate of drug-likeness (QED) is 0.897. The second-order valence-corrected chi connectivity index (χ2v) is 5.44. The second kappa shape index (κ2) is 5.71. The predicted molar refractivity (Wildman–Crippen MR) is 71.5 cm³/mol. The zero-order chi connectivity index (χ0) is 13.1. The Balaban J connectivity index is 2.05. The Morgan fingerprint density at radius 1 is 1.50 bits per heavy atom. The summed E-state index contributed by atoms with van der Waals surface area (Å²) in [5.41, 5.74) is 0.500. The lowest BCUT2D eigenvalue weighted by Crippen LogP contribution is -2.28. The fourth-order valence-corrected chi connectivity index (χ4v) is 2.51. The van der Waals surface area contributed by atoms with E-state index in [-0.39, 0.29) is 18.3 Å². The normalized spacial score (nSPS) is 19.2. The second-order valence-electron chi connectivity index (χ2n) is 4.58. The average molecular weight is 314 g/mol. The van der Waals surface area contributed by atoms with Gasteiger partial charge in [-0.2, -0.15) is 0 Å². The molecule has 1 unspecified atom stereocenters. The first-order valence-corrected chi connectivity index (χ1v) is 6.79. The van der Waals surface area contributed by atoms with Crippen LogP contribution in [0.1, 0.15) is 23.2 Å². The van der Waals surface area contributed by atoms with Crippen molar-refractivity contribution in [1.29, 1.82) is 0 Å². The van der Waals surface area contributed by atoms with Gasteiger partial charge in [-0.1, -0.05) is 0 Å². The molecule has 18 heavy (non-hydrogen) atoms. The number of aliphatic hydroxyl groups is 1. The third-order valence-electron chi connectivity index (χ3n) is 3.30. The van der Waals surface area contributed by atoms with Crippen molar-refractivity contribution in [2.75, 3.05) is 19.7 Å². The summed E-state index contributed by atoms with van der Waals surface area (Å²) in [4.78, 5) is 14.0. The van der Waals surface area contributed by atoms with E-state index in [1.165, 1.54) is 6.07 Å². The van der Waals surface area contributed by atoms with E-state index in [2.05, 4.69) is 15.9 Å². The van der Waals surface area contributed by atoms with Gasteiger partial charge in [-0.05, 0) is 52.9 Å². The Morgan fingerprint density at radius 2 is 2.28 bits per heavy atom. The van der Waals surface area contributed by atoms with Gasteiger partial charge in [0.15, 0.2) is 0 Å². The number of aliphatic hydroxyl groups excluding tert-OH is 1. The SMILES string of the molecule is O=C(c1ccc(Br)c(O)c1)N1CCC(CCO)C1. The number of phenolic OH excluding ortho intramolecular Hbond substituents is 1. The van der Waals surface area contributed by atoms with Crippen LogP contribution in [0.25, 0.3) is 0 Å². The molecule has 1 aliphatic heterocycles. The summed E-state index contributed by atoms with van der Waals surface area (Å²) in [6.07, 6.45) is 1.68. The molecule has 1 saturated heterocycles. The Labute approximate surface area is 114 Å². The fraction of sp³-hybridized carbons (Fsp3) is 0.462. The molecule has 4 nitrogen and oxygen atoms in total. The zero-order valence-electron chi connectivity index (χ0n) is 9.97. The molecule has 2 N–H and O–H groups in total. The van der Waals surface area contributed by atoms with E-state index in [0.29, 0.717) is 22.5 Å². The van der Waals surface area contributed by atoms with Gasteiger partial charge in [-0.3, -0.25) is 4.79 Å². The van der Waals surface area contributed by atoms with Gasteiger partial charge >= 0.3 is 0 Å². The Hall–Kier alpha value is -1.07. The first kappa shape index (κ1) is 13.4. The number of benzene rings is 1. The highest BCUT2D eigenvalue weighted by atomic mass is 79.9. The molecule has 0 aliphatic carbocycles. The van der Waals surface area contributed by atoms with Crippen LogP contribution in [-0.4, -0.2) is 40.7 Å². The van der Waals surface area contributed by atoms with Crippen LogP contribution in [0.4, 0.5) is 0 Å². The smallest absolute Gasteiger partial charge is 0.253 e. The highest BCUT2D eigenvalue weighted by molar-refractivity contribution is 9.10. The number of carbonyl (C=O) groups excluding carboxylic acids is 1. The number of carbonyl (C=O) groups is 1. The van der Waals surface area contributed by atoms with Crippen LogP contribution >= 0.6 is 15.9 Å². The van der Waals surface area contributed by atoms with Crippen LogP contribution in [0, 0.1) is 5.92 Å². The fourth-order valence-electron chi connectivity index (χ4n) is 2.26. The van der Waals surface area contributed by atoms with Crippen LogP contribution < -0.4 is 0 Å². The molecule has 0 spiro atoms. The lowest BCUT2D eigenvalue weighted by molar-refractivity contribution is 0.0784. The number of hydrogen-bond donors (Lipinski definition) is 2. The molecule has 2 rings (SSSR count). The van der Waals surface area contributed by atoms with Crippen molar-refractivity contribution in [2.24, 2.45) is 5.92 Å². The standard InChI is InChI=1S/C13H16BrNO3/c14-11-2-1-10(7-12(11)17)13(18)15-5-3-9(8-15)4-6-16/h1-2,7,9,16-17H,3-6,8H2. The van der Waals surface area contributed by atoms with Crippen LogP contribution in [0.2, 0.25) is 0 Å². The summed E-state index contributed by atoms with van der Waals surface area (Å²) >= 11 is 3.19. The minimum absolute atomic E-state index is 0.0572. The van der Waals surface area contributed by atoms with Crippen molar-refractivity contribution in [1.82, 2.24) is 4.90 Å². The highest BCUT2D eigenvalue weighted by Crippen LogP contribution is 2.26. The molecular weight excluding hydrogens is 298 g/mol. The van der Waals surface area contributed by atoms with Crippen molar-refractivity contribution >= 4 is 21.8 Å². The van der Waals surface area contributed by atoms with Crippen molar-refractivity contribution in [3.05, 3.63) is 28.2 Å². The average Bonchev–Trinajstić information content (AvgIpc) is 2.81. The maximum Gasteiger partial charge on any atom is 0.253 e. The number of hydrogen-bond acceptors (Lipinski definition) is 3. The third kappa shape index (κ3) is 2.84. The lowest BCUT2D eigenvalue weighted by atomic mass is 10.1. The summed E-state index contributed by atoms with van der Waals surface area (Å²) in [7, 11) is 0. The number of halogens is 1. The van der Waals surface area contributed by atoms with Gasteiger partial charge in [0.25, 0.3) is 5.91 Å². The van der Waals surface area contributed by atoms with Crippen molar-refractivity contribution in [3.8, 4) is 5.75 Å². The van der Waals surface area contributed by atoms with E-state index in [1.807, 2.05) is 0 Å².